The number of aromatic nitrogens is 3. The van der Waals surface area contributed by atoms with Crippen LogP contribution in [0.5, 0.6) is 5.75 Å². The molecule has 7 nitrogen and oxygen atoms in total. The lowest BCUT2D eigenvalue weighted by atomic mass is 10.1. The van der Waals surface area contributed by atoms with E-state index >= 15 is 0 Å². The second-order valence-corrected chi connectivity index (χ2v) is 7.38. The van der Waals surface area contributed by atoms with Gasteiger partial charge in [0.2, 0.25) is 0 Å². The van der Waals surface area contributed by atoms with Gasteiger partial charge in [0.15, 0.2) is 11.5 Å². The summed E-state index contributed by atoms with van der Waals surface area (Å²) in [4.78, 5) is 12.9. The maximum Gasteiger partial charge on any atom is 0.251 e. The molecular formula is C25H23N5O2. The molecule has 1 atom stereocenters. The van der Waals surface area contributed by atoms with Crippen molar-refractivity contribution in [2.45, 2.75) is 32.4 Å². The molecule has 2 aromatic heterocycles. The monoisotopic (exact) mass is 425 g/mol. The number of ether oxygens (including phenoxy) is 1. The van der Waals surface area contributed by atoms with Gasteiger partial charge in [0.05, 0.1) is 17.7 Å². The third-order valence-electron chi connectivity index (χ3n) is 5.18. The van der Waals surface area contributed by atoms with Gasteiger partial charge < -0.3 is 10.1 Å². The summed E-state index contributed by atoms with van der Waals surface area (Å²) < 4.78 is 7.69. The lowest BCUT2D eigenvalue weighted by Gasteiger charge is -2.17. The average molecular weight is 425 g/mol. The van der Waals surface area contributed by atoms with Crippen molar-refractivity contribution in [3.8, 4) is 11.8 Å². The van der Waals surface area contributed by atoms with Crippen molar-refractivity contribution in [1.29, 1.82) is 5.26 Å². The highest BCUT2D eigenvalue weighted by Gasteiger charge is 2.20. The Kier molecular flexibility index (Phi) is 6.42. The molecule has 0 aliphatic heterocycles. The van der Waals surface area contributed by atoms with Crippen molar-refractivity contribution in [1.82, 2.24) is 19.9 Å². The first kappa shape index (κ1) is 21.1. The Morgan fingerprint density at radius 1 is 1.09 bits per heavy atom. The predicted octanol–water partition coefficient (Wildman–Crippen LogP) is 4.45. The first-order valence-electron chi connectivity index (χ1n) is 10.5. The molecule has 2 aromatic carbocycles. The normalized spacial score (nSPS) is 11.6. The van der Waals surface area contributed by atoms with E-state index in [1.54, 1.807) is 30.3 Å². The zero-order valence-electron chi connectivity index (χ0n) is 17.7. The first-order chi connectivity index (χ1) is 15.7. The number of carbonyl (C=O) groups excluding carboxylic acids is 1. The molecule has 2 heterocycles. The molecule has 0 aliphatic rings. The number of amides is 1. The molecule has 32 heavy (non-hydrogen) atoms. The van der Waals surface area contributed by atoms with Crippen molar-refractivity contribution in [2.24, 2.45) is 0 Å². The van der Waals surface area contributed by atoms with Crippen molar-refractivity contribution in [3.63, 3.8) is 0 Å². The van der Waals surface area contributed by atoms with Crippen molar-refractivity contribution < 1.29 is 9.53 Å². The van der Waals surface area contributed by atoms with Gasteiger partial charge in [0.1, 0.15) is 12.4 Å². The van der Waals surface area contributed by atoms with E-state index in [0.717, 1.165) is 24.1 Å². The highest BCUT2D eigenvalue weighted by molar-refractivity contribution is 5.94. The van der Waals surface area contributed by atoms with E-state index in [2.05, 4.69) is 28.5 Å². The fourth-order valence-electron chi connectivity index (χ4n) is 3.51. The number of nitrogens with one attached hydrogen (secondary N) is 1. The van der Waals surface area contributed by atoms with E-state index in [-0.39, 0.29) is 18.6 Å². The molecule has 0 saturated carbocycles. The van der Waals surface area contributed by atoms with Crippen LogP contribution < -0.4 is 10.1 Å². The lowest BCUT2D eigenvalue weighted by Crippen LogP contribution is -2.29. The number of fused-ring (bicyclic) bond motifs is 1. The van der Waals surface area contributed by atoms with Gasteiger partial charge >= 0.3 is 0 Å². The molecule has 0 fully saturated rings. The van der Waals surface area contributed by atoms with Crippen LogP contribution in [0.1, 0.15) is 53.1 Å². The summed E-state index contributed by atoms with van der Waals surface area (Å²) in [5.74, 6) is 1.16. The van der Waals surface area contributed by atoms with Gasteiger partial charge in [0, 0.05) is 17.3 Å². The topological polar surface area (TPSA) is 92.3 Å². The first-order valence-corrected chi connectivity index (χ1v) is 10.5. The second kappa shape index (κ2) is 9.75. The van der Waals surface area contributed by atoms with Crippen LogP contribution in [0.2, 0.25) is 0 Å². The number of rotatable bonds is 8. The van der Waals surface area contributed by atoms with Crippen LogP contribution in [0.3, 0.4) is 0 Å². The third-order valence-corrected chi connectivity index (χ3v) is 5.18. The number of hydrogen-bond donors (Lipinski definition) is 1. The summed E-state index contributed by atoms with van der Waals surface area (Å²) in [5, 5.41) is 20.8. The largest absolute Gasteiger partial charge is 0.489 e. The highest BCUT2D eigenvalue weighted by atomic mass is 16.5. The van der Waals surface area contributed by atoms with E-state index in [4.69, 9.17) is 4.74 Å². The highest BCUT2D eigenvalue weighted by Crippen LogP contribution is 2.20. The fraction of sp³-hybridized carbons (Fsp3) is 0.200. The molecule has 0 radical (unpaired) electrons. The van der Waals surface area contributed by atoms with Crippen LogP contribution in [0.15, 0.2) is 72.9 Å². The number of nitrogens with zero attached hydrogens (tertiary/aromatic N) is 4. The Morgan fingerprint density at radius 3 is 2.66 bits per heavy atom. The van der Waals surface area contributed by atoms with E-state index in [1.165, 1.54) is 0 Å². The van der Waals surface area contributed by atoms with Gasteiger partial charge in [-0.05, 0) is 48.9 Å². The molecule has 0 bridgehead atoms. The van der Waals surface area contributed by atoms with Crippen LogP contribution in [0.4, 0.5) is 0 Å². The van der Waals surface area contributed by atoms with Crippen LogP contribution in [0, 0.1) is 11.3 Å². The summed E-state index contributed by atoms with van der Waals surface area (Å²) in [6, 6.07) is 21.9. The van der Waals surface area contributed by atoms with Crippen LogP contribution in [-0.2, 0) is 6.61 Å². The van der Waals surface area contributed by atoms with E-state index in [0.29, 0.717) is 22.7 Å². The molecule has 1 unspecified atom stereocenters. The van der Waals surface area contributed by atoms with E-state index in [9.17, 15) is 10.1 Å². The Labute approximate surface area is 186 Å². The minimum atomic E-state index is -0.247. The minimum Gasteiger partial charge on any atom is -0.489 e. The van der Waals surface area contributed by atoms with Gasteiger partial charge in [0.25, 0.3) is 5.91 Å². The van der Waals surface area contributed by atoms with Gasteiger partial charge in [-0.15, -0.1) is 10.2 Å². The molecule has 4 rings (SSSR count). The SMILES string of the molecule is CCCC(NC(=O)c1ccc(OCc2ccccc2C#N)cc1)c1nnc2ccccn12. The smallest absolute Gasteiger partial charge is 0.251 e. The van der Waals surface area contributed by atoms with Gasteiger partial charge in [-0.2, -0.15) is 5.26 Å². The van der Waals surface area contributed by atoms with Crippen LogP contribution in [-0.4, -0.2) is 20.5 Å². The van der Waals surface area contributed by atoms with E-state index in [1.807, 2.05) is 47.0 Å². The number of benzene rings is 2. The lowest BCUT2D eigenvalue weighted by molar-refractivity contribution is 0.0932. The molecule has 1 amide bonds. The molecule has 0 saturated heterocycles. The zero-order valence-corrected chi connectivity index (χ0v) is 17.7. The molecule has 160 valence electrons. The average Bonchev–Trinajstić information content (AvgIpc) is 3.27. The zero-order chi connectivity index (χ0) is 22.3. The Bertz CT molecular complexity index is 1260. The van der Waals surface area contributed by atoms with Crippen molar-refractivity contribution in [3.05, 3.63) is 95.4 Å². The number of hydrogen-bond acceptors (Lipinski definition) is 5. The summed E-state index contributed by atoms with van der Waals surface area (Å²) in [7, 11) is 0. The predicted molar refractivity (Wildman–Crippen MR) is 120 cm³/mol. The van der Waals surface area contributed by atoms with E-state index < -0.39 is 0 Å². The molecule has 7 heteroatoms. The number of nitriles is 1. The molecule has 0 spiro atoms. The molecule has 4 aromatic rings. The maximum absolute atomic E-state index is 12.9. The molecule has 0 aliphatic carbocycles. The maximum atomic E-state index is 12.9. The molecular weight excluding hydrogens is 402 g/mol. The summed E-state index contributed by atoms with van der Waals surface area (Å²) in [6.45, 7) is 2.35. The fourth-order valence-corrected chi connectivity index (χ4v) is 3.51. The van der Waals surface area contributed by atoms with Crippen molar-refractivity contribution in [2.75, 3.05) is 0 Å². The quantitative estimate of drug-likeness (QED) is 0.450. The standard InChI is InChI=1S/C25H23N5O2/c1-2-7-22(24-29-28-23-10-5-6-15-30(23)24)27-25(31)18-11-13-21(14-12-18)32-17-20-9-4-3-8-19(20)16-26/h3-6,8-15,22H,2,7,17H2,1H3,(H,27,31). The summed E-state index contributed by atoms with van der Waals surface area (Å²) in [5.41, 5.74) is 2.69. The Morgan fingerprint density at radius 2 is 1.88 bits per heavy atom. The summed E-state index contributed by atoms with van der Waals surface area (Å²) in [6.07, 6.45) is 3.54. The minimum absolute atomic E-state index is 0.183. The van der Waals surface area contributed by atoms with Crippen LogP contribution >= 0.6 is 0 Å². The van der Waals surface area contributed by atoms with Gasteiger partial charge in [-0.3, -0.25) is 9.20 Å². The van der Waals surface area contributed by atoms with Crippen LogP contribution in [0.25, 0.3) is 5.65 Å². The van der Waals surface area contributed by atoms with Gasteiger partial charge in [-0.1, -0.05) is 37.6 Å². The van der Waals surface area contributed by atoms with Gasteiger partial charge in [-0.25, -0.2) is 0 Å². The summed E-state index contributed by atoms with van der Waals surface area (Å²) >= 11 is 0. The number of pyridine rings is 1. The second-order valence-electron chi connectivity index (χ2n) is 7.38. The number of carbonyl (C=O) groups is 1. The van der Waals surface area contributed by atoms with Crippen molar-refractivity contribution >= 4 is 11.6 Å². The Balaban J connectivity index is 1.44. The Hall–Kier alpha value is -4.18. The molecule has 1 N–H and O–H groups in total. The third kappa shape index (κ3) is 4.60.